The highest BCUT2D eigenvalue weighted by Gasteiger charge is 2.43. The Morgan fingerprint density at radius 1 is 0.375 bits per heavy atom. The third kappa shape index (κ3) is 25.1. The second-order valence-electron chi connectivity index (χ2n) is 36.7. The molecule has 0 aromatic heterocycles. The maximum Gasteiger partial charge on any atom is 0.319 e. The summed E-state index contributed by atoms with van der Waals surface area (Å²) >= 11 is 24.8. The van der Waals surface area contributed by atoms with Gasteiger partial charge in [0.25, 0.3) is 23.6 Å². The minimum absolute atomic E-state index is 0.0597. The van der Waals surface area contributed by atoms with E-state index < -0.39 is 12.1 Å². The number of nitrogens with zero attached hydrogens (tertiary/aromatic N) is 5. The van der Waals surface area contributed by atoms with E-state index in [-0.39, 0.29) is 95.8 Å². The number of ether oxygens (including phenoxy) is 1. The fourth-order valence-electron chi connectivity index (χ4n) is 18.9. The molecule has 4 atom stereocenters. The van der Waals surface area contributed by atoms with Crippen molar-refractivity contribution in [1.29, 1.82) is 0 Å². The lowest BCUT2D eigenvalue weighted by Gasteiger charge is -2.27. The van der Waals surface area contributed by atoms with Gasteiger partial charge in [0.05, 0.1) is 43.8 Å². The summed E-state index contributed by atoms with van der Waals surface area (Å²) in [5, 5.41) is 22.5. The first-order valence-electron chi connectivity index (χ1n) is 46.5. The standard InChI is InChI=1S/C30H34ClN3O4.2C26H28ClN3O3.C25H26ClN3O3/c1-20-3-2-4-27(28(35)13-20)34-19-23-15-22(5-7-25(23)30(34)37)17-32-29(36)16-21-6-8-26(31)24(14-21)18-33-9-11-38-12-10-33;1-15-5-4-6-23(24(31)11-15)30-14-21-17(3)18(8-10-20(21)25(30)32)13-28-26(33)29-19-9-7-16(2)22(27)12-19;1-16-4-3-5-23(24(31)10-16)30-15-20-11-18(8-9-21(20)25(30)32)13-28-26(33)29-14-19-7-6-17(2)22(27)12-19;1-15-5-3-8-22(23(30)11-15)29-14-20-17(6-4-7-19(20)24(29)31)13-27-25(32)28-18-10-9-16(2)21(26)12-18/h5-8,14-15,27H,1-4,9-13,16-19H2,(H,32,36);7-10,12,23H,1,4-6,11,13-14H2,2-3H3,(H2,28,29,33);6-9,11-12,23H,1,3-5,10,13-15H2,2H3,(H2,28,29,33);4,6-7,9-10,12,22H,1,3,5,8,11,13-14H2,2H3,(H2,27,28,32). The van der Waals surface area contributed by atoms with E-state index in [0.717, 1.165) is 190 Å². The highest BCUT2D eigenvalue weighted by Crippen LogP contribution is 2.39. The summed E-state index contributed by atoms with van der Waals surface area (Å²) in [6.07, 6.45) is 11.1. The first-order valence-corrected chi connectivity index (χ1v) is 48.0. The lowest BCUT2D eigenvalue weighted by molar-refractivity contribution is -0.123. The fourth-order valence-corrected chi connectivity index (χ4v) is 19.6. The Hall–Kier alpha value is -12.4. The zero-order chi connectivity index (χ0) is 96.7. The maximum atomic E-state index is 13.1. The number of ketones is 4. The molecule has 8 aromatic rings. The molecule has 0 spiro atoms. The molecule has 9 aliphatic rings. The van der Waals surface area contributed by atoms with E-state index in [9.17, 15) is 57.5 Å². The quantitative estimate of drug-likeness (QED) is 0.0276. The third-order valence-corrected chi connectivity index (χ3v) is 28.3. The second-order valence-corrected chi connectivity index (χ2v) is 38.3. The van der Waals surface area contributed by atoms with Crippen LogP contribution in [0.5, 0.6) is 0 Å². The summed E-state index contributed by atoms with van der Waals surface area (Å²) < 4.78 is 5.42. The van der Waals surface area contributed by atoms with E-state index in [1.165, 1.54) is 0 Å². The first kappa shape index (κ1) is 99.6. The molecule has 0 radical (unpaired) electrons. The van der Waals surface area contributed by atoms with Gasteiger partial charge in [-0.15, -0.1) is 0 Å². The molecule has 0 bridgehead atoms. The van der Waals surface area contributed by atoms with Crippen molar-refractivity contribution in [2.75, 3.05) is 36.9 Å². The van der Waals surface area contributed by atoms with Crippen LogP contribution in [0.15, 0.2) is 188 Å². The van der Waals surface area contributed by atoms with Gasteiger partial charge in [-0.3, -0.25) is 48.1 Å². The van der Waals surface area contributed by atoms with Gasteiger partial charge in [0.1, 0.15) is 0 Å². The molecule has 4 unspecified atom stereocenters. The average molecular weight is 1920 g/mol. The smallest absolute Gasteiger partial charge is 0.319 e. The number of anilines is 2. The number of morpholine rings is 1. The Morgan fingerprint density at radius 2 is 0.765 bits per heavy atom. The van der Waals surface area contributed by atoms with Crippen LogP contribution in [-0.2, 0) is 101 Å². The molecule has 7 N–H and O–H groups in total. The van der Waals surface area contributed by atoms with E-state index in [2.05, 4.69) is 68.4 Å². The Kier molecular flexibility index (Phi) is 33.3. The summed E-state index contributed by atoms with van der Waals surface area (Å²) in [5.41, 5.74) is 21.4. The Labute approximate surface area is 813 Å². The number of benzene rings is 8. The molecule has 4 saturated carbocycles. The molecule has 29 heteroatoms. The molecular formula is C107H116Cl4N12O13. The van der Waals surface area contributed by atoms with E-state index in [1.807, 2.05) is 125 Å². The predicted octanol–water partition coefficient (Wildman–Crippen LogP) is 19.0. The van der Waals surface area contributed by atoms with Gasteiger partial charge in [-0.25, -0.2) is 14.4 Å². The van der Waals surface area contributed by atoms with Crippen LogP contribution < -0.4 is 37.2 Å². The van der Waals surface area contributed by atoms with Gasteiger partial charge in [0, 0.05) is 158 Å². The molecule has 136 heavy (non-hydrogen) atoms. The molecule has 5 heterocycles. The number of nitrogens with one attached hydrogen (secondary N) is 7. The molecule has 25 nitrogen and oxygen atoms in total. The van der Waals surface area contributed by atoms with Crippen molar-refractivity contribution in [3.63, 3.8) is 0 Å². The van der Waals surface area contributed by atoms with Crippen molar-refractivity contribution in [2.24, 2.45) is 0 Å². The van der Waals surface area contributed by atoms with Crippen LogP contribution in [0.1, 0.15) is 228 Å². The van der Waals surface area contributed by atoms with Crippen molar-refractivity contribution in [3.05, 3.63) is 314 Å². The molecule has 5 aliphatic heterocycles. The van der Waals surface area contributed by atoms with Gasteiger partial charge >= 0.3 is 18.1 Å². The Morgan fingerprint density at radius 3 is 1.24 bits per heavy atom. The summed E-state index contributed by atoms with van der Waals surface area (Å²) in [5.74, 6) is -0.174. The number of hydrogen-bond donors (Lipinski definition) is 7. The molecule has 1 saturated heterocycles. The minimum Gasteiger partial charge on any atom is -0.379 e. The number of carbonyl (C=O) groups excluding carboxylic acids is 12. The number of rotatable bonds is 20. The van der Waals surface area contributed by atoms with E-state index in [0.29, 0.717) is 157 Å². The monoisotopic (exact) mass is 1920 g/mol. The van der Waals surface area contributed by atoms with E-state index in [4.69, 9.17) is 51.1 Å². The SMILES string of the molecule is C=C1CCCC(N2Cc3c(CNC(=O)Nc4ccc(C)c(Cl)c4)cccc3C2=O)C(=O)C1.C=C1CCCC(N2Cc3c(ccc(CNC(=O)Nc4ccc(C)c(Cl)c4)c3C)C2=O)C(=O)C1.C=C1CCCC(N2Cc3cc(CNC(=O)Cc4ccc(Cl)c(CN5CCOCC5)c4)ccc3C2=O)C(=O)C1.C=C1CCCC(N2Cc3cc(CNC(=O)NCc4ccc(C)c(Cl)c4)ccc3C2=O)C(=O)C1. The summed E-state index contributed by atoms with van der Waals surface area (Å²) in [6, 6.07) is 40.0. The molecular weight excluding hydrogens is 1800 g/mol. The molecule has 8 aromatic carbocycles. The van der Waals surface area contributed by atoms with Gasteiger partial charge in [0.15, 0.2) is 23.1 Å². The predicted molar refractivity (Wildman–Crippen MR) is 528 cm³/mol. The zero-order valence-corrected chi connectivity index (χ0v) is 80.4. The number of allylic oxidation sites excluding steroid dienone is 4. The van der Waals surface area contributed by atoms with Crippen LogP contribution in [0.3, 0.4) is 0 Å². The number of hydrogen-bond acceptors (Lipinski definition) is 14. The van der Waals surface area contributed by atoms with Crippen molar-refractivity contribution < 1.29 is 62.3 Å². The third-order valence-electron chi connectivity index (χ3n) is 26.7. The molecule has 710 valence electrons. The lowest BCUT2D eigenvalue weighted by atomic mass is 9.98. The minimum atomic E-state index is -0.412. The van der Waals surface area contributed by atoms with Gasteiger partial charge in [-0.2, -0.15) is 0 Å². The Balaban J connectivity index is 0.000000145. The van der Waals surface area contributed by atoms with Crippen molar-refractivity contribution in [2.45, 2.75) is 226 Å². The van der Waals surface area contributed by atoms with Crippen LogP contribution in [0.4, 0.5) is 25.8 Å². The number of halogens is 4. The van der Waals surface area contributed by atoms with Crippen LogP contribution in [-0.4, -0.2) is 146 Å². The van der Waals surface area contributed by atoms with Crippen molar-refractivity contribution >= 4 is 129 Å². The highest BCUT2D eigenvalue weighted by atomic mass is 35.5. The number of urea groups is 3. The molecule has 5 fully saturated rings. The van der Waals surface area contributed by atoms with Gasteiger partial charge in [-0.1, -0.05) is 174 Å². The summed E-state index contributed by atoms with van der Waals surface area (Å²) in [7, 11) is 0. The fraction of sp³-hybridized carbons (Fsp3) is 0.364. The normalized spacial score (nSPS) is 18.9. The van der Waals surface area contributed by atoms with Gasteiger partial charge in [-0.05, 0) is 249 Å². The van der Waals surface area contributed by atoms with Crippen LogP contribution >= 0.6 is 46.4 Å². The number of aryl methyl sites for hydroxylation is 3. The number of fused-ring (bicyclic) bond motifs is 4. The first-order chi connectivity index (χ1) is 65.3. The second kappa shape index (κ2) is 45.5. The van der Waals surface area contributed by atoms with Gasteiger partial charge in [0.2, 0.25) is 5.91 Å². The molecule has 17 rings (SSSR count). The van der Waals surface area contributed by atoms with Gasteiger partial charge < -0.3 is 61.6 Å². The van der Waals surface area contributed by atoms with Crippen LogP contribution in [0, 0.1) is 27.7 Å². The van der Waals surface area contributed by atoms with Crippen molar-refractivity contribution in [1.82, 2.24) is 51.1 Å². The van der Waals surface area contributed by atoms with Crippen LogP contribution in [0.2, 0.25) is 20.1 Å². The molecule has 4 aliphatic carbocycles. The highest BCUT2D eigenvalue weighted by molar-refractivity contribution is 6.32. The van der Waals surface area contributed by atoms with Crippen LogP contribution in [0.25, 0.3) is 0 Å². The maximum absolute atomic E-state index is 13.1. The topological polar surface area (TPSA) is 314 Å². The largest absolute Gasteiger partial charge is 0.379 e. The van der Waals surface area contributed by atoms with E-state index >= 15 is 0 Å². The average Bonchev–Trinajstić information content (AvgIpc) is 1.76. The zero-order valence-electron chi connectivity index (χ0n) is 77.4. The molecule has 11 amide bonds. The number of carbonyl (C=O) groups is 12. The van der Waals surface area contributed by atoms with Crippen molar-refractivity contribution in [3.8, 4) is 0 Å². The Bertz CT molecular complexity index is 6100. The summed E-state index contributed by atoms with van der Waals surface area (Å²) in [6.45, 7) is 30.8. The number of Topliss-reactive ketones (excluding diaryl/α,β-unsaturated/α-hetero) is 4. The summed E-state index contributed by atoms with van der Waals surface area (Å²) in [4.78, 5) is 162. The van der Waals surface area contributed by atoms with E-state index in [1.54, 1.807) is 62.1 Å². The number of amides is 11. The lowest BCUT2D eigenvalue weighted by Crippen LogP contribution is -2.40.